The van der Waals surface area contributed by atoms with Crippen molar-refractivity contribution in [1.29, 1.82) is 0 Å². The molecule has 0 radical (unpaired) electrons. The minimum absolute atomic E-state index is 0.543. The average molecular weight is 167 g/mol. The Kier molecular flexibility index (Phi) is 2.48. The maximum Gasteiger partial charge on any atom is 0.124 e. The Morgan fingerprint density at radius 3 is 2.17 bits per heavy atom. The monoisotopic (exact) mass is 167 g/mol. The van der Waals surface area contributed by atoms with Crippen molar-refractivity contribution < 1.29 is 4.39 Å². The molecular weight excluding hydrogens is 153 g/mol. The van der Waals surface area contributed by atoms with Crippen LogP contribution in [0, 0.1) is 0 Å². The van der Waals surface area contributed by atoms with Gasteiger partial charge in [-0.05, 0) is 19.4 Å². The topological polar surface area (TPSA) is 26.0 Å². The lowest BCUT2D eigenvalue weighted by Crippen LogP contribution is -2.30. The van der Waals surface area contributed by atoms with Gasteiger partial charge in [-0.3, -0.25) is 0 Å². The number of hydrogen-bond acceptors (Lipinski definition) is 1. The fourth-order valence-corrected chi connectivity index (χ4v) is 1.06. The van der Waals surface area contributed by atoms with Gasteiger partial charge < -0.3 is 5.73 Å². The number of alkyl halides is 1. The Balaban J connectivity index is 2.86. The molecule has 1 aromatic rings. The lowest BCUT2D eigenvalue weighted by Gasteiger charge is -2.23. The molecular formula is C10H14FN. The molecule has 0 aliphatic heterocycles. The molecule has 1 atom stereocenters. The summed E-state index contributed by atoms with van der Waals surface area (Å²) in [6.07, 6.45) is 0. The van der Waals surface area contributed by atoms with Crippen LogP contribution in [0.15, 0.2) is 30.3 Å². The maximum atomic E-state index is 13.3. The van der Waals surface area contributed by atoms with Crippen molar-refractivity contribution in [2.45, 2.75) is 25.6 Å². The number of hydrogen-bond donors (Lipinski definition) is 1. The molecule has 0 aromatic heterocycles. The van der Waals surface area contributed by atoms with E-state index in [9.17, 15) is 4.39 Å². The van der Waals surface area contributed by atoms with Gasteiger partial charge in [0.05, 0.1) is 6.04 Å². The van der Waals surface area contributed by atoms with E-state index in [0.29, 0.717) is 0 Å². The highest BCUT2D eigenvalue weighted by Gasteiger charge is 2.26. The first-order valence-electron chi connectivity index (χ1n) is 4.01. The normalized spacial score (nSPS) is 14.3. The minimum Gasteiger partial charge on any atom is -0.321 e. The summed E-state index contributed by atoms with van der Waals surface area (Å²) >= 11 is 0. The largest absolute Gasteiger partial charge is 0.321 e. The zero-order chi connectivity index (χ0) is 9.19. The van der Waals surface area contributed by atoms with E-state index in [4.69, 9.17) is 5.73 Å². The standard InChI is InChI=1S/C10H14FN/c1-10(2,11)9(12)8-6-4-3-5-7-8/h3-7,9H,12H2,1-2H3. The van der Waals surface area contributed by atoms with E-state index >= 15 is 0 Å². The summed E-state index contributed by atoms with van der Waals surface area (Å²) in [5.41, 5.74) is 5.18. The van der Waals surface area contributed by atoms with Gasteiger partial charge in [-0.25, -0.2) is 4.39 Å². The lowest BCUT2D eigenvalue weighted by molar-refractivity contribution is 0.174. The van der Waals surface area contributed by atoms with Gasteiger partial charge >= 0.3 is 0 Å². The molecule has 0 spiro atoms. The van der Waals surface area contributed by atoms with Crippen LogP contribution in [-0.2, 0) is 0 Å². The Bertz CT molecular complexity index is 238. The van der Waals surface area contributed by atoms with Gasteiger partial charge in [0.15, 0.2) is 0 Å². The van der Waals surface area contributed by atoms with Crippen LogP contribution in [0.25, 0.3) is 0 Å². The summed E-state index contributed by atoms with van der Waals surface area (Å²) in [6, 6.07) is 8.75. The van der Waals surface area contributed by atoms with Gasteiger partial charge in [0.2, 0.25) is 0 Å². The van der Waals surface area contributed by atoms with E-state index in [1.54, 1.807) is 0 Å². The van der Waals surface area contributed by atoms with Crippen molar-refractivity contribution >= 4 is 0 Å². The van der Waals surface area contributed by atoms with Crippen LogP contribution < -0.4 is 5.73 Å². The van der Waals surface area contributed by atoms with E-state index < -0.39 is 11.7 Å². The van der Waals surface area contributed by atoms with Gasteiger partial charge in [0, 0.05) is 0 Å². The first-order chi connectivity index (χ1) is 5.52. The highest BCUT2D eigenvalue weighted by molar-refractivity contribution is 5.20. The summed E-state index contributed by atoms with van der Waals surface area (Å²) in [7, 11) is 0. The van der Waals surface area contributed by atoms with Crippen molar-refractivity contribution in [2.75, 3.05) is 0 Å². The van der Waals surface area contributed by atoms with Crippen LogP contribution in [0.3, 0.4) is 0 Å². The van der Waals surface area contributed by atoms with Crippen molar-refractivity contribution in [3.05, 3.63) is 35.9 Å². The first kappa shape index (κ1) is 9.20. The molecule has 0 aliphatic rings. The molecule has 0 aliphatic carbocycles. The van der Waals surface area contributed by atoms with Gasteiger partial charge in [-0.15, -0.1) is 0 Å². The Morgan fingerprint density at radius 2 is 1.75 bits per heavy atom. The maximum absolute atomic E-state index is 13.3. The van der Waals surface area contributed by atoms with Crippen LogP contribution in [-0.4, -0.2) is 5.67 Å². The van der Waals surface area contributed by atoms with Gasteiger partial charge in [-0.2, -0.15) is 0 Å². The molecule has 0 bridgehead atoms. The fourth-order valence-electron chi connectivity index (χ4n) is 1.06. The summed E-state index contributed by atoms with van der Waals surface area (Å²) in [5.74, 6) is 0. The molecule has 0 fully saturated rings. The quantitative estimate of drug-likeness (QED) is 0.719. The molecule has 12 heavy (non-hydrogen) atoms. The van der Waals surface area contributed by atoms with Crippen LogP contribution in [0.5, 0.6) is 0 Å². The Labute approximate surface area is 72.4 Å². The zero-order valence-electron chi connectivity index (χ0n) is 7.42. The molecule has 0 amide bonds. The number of halogens is 1. The van der Waals surface area contributed by atoms with E-state index in [0.717, 1.165) is 5.56 Å². The van der Waals surface area contributed by atoms with Gasteiger partial charge in [0.25, 0.3) is 0 Å². The molecule has 2 N–H and O–H groups in total. The molecule has 1 aromatic carbocycles. The van der Waals surface area contributed by atoms with Gasteiger partial charge in [-0.1, -0.05) is 30.3 Å². The third-order valence-electron chi connectivity index (χ3n) is 1.90. The summed E-state index contributed by atoms with van der Waals surface area (Å²) in [5, 5.41) is 0. The second kappa shape index (κ2) is 3.23. The third-order valence-corrected chi connectivity index (χ3v) is 1.90. The summed E-state index contributed by atoms with van der Waals surface area (Å²) in [4.78, 5) is 0. The molecule has 1 rings (SSSR count). The van der Waals surface area contributed by atoms with E-state index in [1.807, 2.05) is 30.3 Å². The molecule has 0 heterocycles. The molecule has 1 nitrogen and oxygen atoms in total. The summed E-state index contributed by atoms with van der Waals surface area (Å²) < 4.78 is 13.3. The Morgan fingerprint density at radius 1 is 1.25 bits per heavy atom. The molecule has 0 saturated carbocycles. The van der Waals surface area contributed by atoms with Crippen molar-refractivity contribution in [2.24, 2.45) is 5.73 Å². The van der Waals surface area contributed by atoms with Crippen molar-refractivity contribution in [3.63, 3.8) is 0 Å². The average Bonchev–Trinajstić information content (AvgIpc) is 2.03. The first-order valence-corrected chi connectivity index (χ1v) is 4.01. The second-order valence-electron chi connectivity index (χ2n) is 3.45. The van der Waals surface area contributed by atoms with Crippen LogP contribution in [0.2, 0.25) is 0 Å². The number of nitrogens with two attached hydrogens (primary N) is 1. The van der Waals surface area contributed by atoms with E-state index in [2.05, 4.69) is 0 Å². The second-order valence-corrected chi connectivity index (χ2v) is 3.45. The highest BCUT2D eigenvalue weighted by atomic mass is 19.1. The smallest absolute Gasteiger partial charge is 0.124 e. The summed E-state index contributed by atoms with van der Waals surface area (Å²) in [6.45, 7) is 2.98. The number of rotatable bonds is 2. The van der Waals surface area contributed by atoms with Crippen LogP contribution >= 0.6 is 0 Å². The predicted octanol–water partition coefficient (Wildman–Crippen LogP) is 2.43. The van der Waals surface area contributed by atoms with Gasteiger partial charge in [0.1, 0.15) is 5.67 Å². The zero-order valence-corrected chi connectivity index (χ0v) is 7.42. The fraction of sp³-hybridized carbons (Fsp3) is 0.400. The van der Waals surface area contributed by atoms with Crippen molar-refractivity contribution in [1.82, 2.24) is 0 Å². The predicted molar refractivity (Wildman–Crippen MR) is 48.6 cm³/mol. The molecule has 2 heteroatoms. The minimum atomic E-state index is -1.36. The number of benzene rings is 1. The van der Waals surface area contributed by atoms with Crippen molar-refractivity contribution in [3.8, 4) is 0 Å². The Hall–Kier alpha value is -0.890. The molecule has 66 valence electrons. The lowest BCUT2D eigenvalue weighted by atomic mass is 9.94. The highest BCUT2D eigenvalue weighted by Crippen LogP contribution is 2.25. The molecule has 1 unspecified atom stereocenters. The third kappa shape index (κ3) is 2.05. The van der Waals surface area contributed by atoms with Crippen LogP contribution in [0.4, 0.5) is 4.39 Å². The SMILES string of the molecule is CC(C)(F)C(N)c1ccccc1. The van der Waals surface area contributed by atoms with E-state index in [1.165, 1.54) is 13.8 Å². The molecule has 0 saturated heterocycles. The van der Waals surface area contributed by atoms with E-state index in [-0.39, 0.29) is 0 Å². The van der Waals surface area contributed by atoms with Crippen LogP contribution in [0.1, 0.15) is 25.5 Å².